The van der Waals surface area contributed by atoms with Crippen molar-refractivity contribution in [2.45, 2.75) is 33.2 Å². The van der Waals surface area contributed by atoms with E-state index in [0.717, 1.165) is 12.1 Å². The zero-order valence-electron chi connectivity index (χ0n) is 11.9. The molecule has 0 spiro atoms. The normalized spacial score (nSPS) is 12.3. The van der Waals surface area contributed by atoms with Crippen molar-refractivity contribution in [1.29, 1.82) is 0 Å². The molecule has 1 rings (SSSR count). The highest BCUT2D eigenvalue weighted by Crippen LogP contribution is 2.15. The highest BCUT2D eigenvalue weighted by molar-refractivity contribution is 6.29. The minimum atomic E-state index is -0.0289. The van der Waals surface area contributed by atoms with Crippen molar-refractivity contribution in [3.05, 3.63) is 28.5 Å². The molecular weight excluding hydrogens is 264 g/mol. The molecule has 1 atom stereocenters. The number of methoxy groups -OCH3 is 1. The maximum Gasteiger partial charge on any atom is 0.254 e. The van der Waals surface area contributed by atoms with Crippen LogP contribution in [0.15, 0.2) is 12.1 Å². The third-order valence-electron chi connectivity index (χ3n) is 3.09. The molecule has 0 bridgehead atoms. The third kappa shape index (κ3) is 4.48. The molecule has 1 aromatic heterocycles. The molecule has 0 aliphatic heterocycles. The standard InChI is InChI=1S/C14H21ClN2O2/c1-5-11(3)17(6-7-19-4)14(18)12-8-10(2)16-13(15)9-12/h8-9,11H,5-7H2,1-4H3. The minimum Gasteiger partial charge on any atom is -0.383 e. The van der Waals surface area contributed by atoms with Gasteiger partial charge in [-0.2, -0.15) is 0 Å². The topological polar surface area (TPSA) is 42.4 Å². The Morgan fingerprint density at radius 3 is 2.74 bits per heavy atom. The molecule has 0 radical (unpaired) electrons. The van der Waals surface area contributed by atoms with Crippen LogP contribution in [0, 0.1) is 6.92 Å². The summed E-state index contributed by atoms with van der Waals surface area (Å²) in [4.78, 5) is 18.4. The second-order valence-electron chi connectivity index (χ2n) is 4.57. The number of ether oxygens (including phenoxy) is 1. The SMILES string of the molecule is CCC(C)N(CCOC)C(=O)c1cc(C)nc(Cl)c1. The molecule has 5 heteroatoms. The van der Waals surface area contributed by atoms with Crippen LogP contribution in [0.4, 0.5) is 0 Å². The summed E-state index contributed by atoms with van der Waals surface area (Å²) < 4.78 is 5.07. The Morgan fingerprint density at radius 2 is 2.21 bits per heavy atom. The van der Waals surface area contributed by atoms with E-state index in [0.29, 0.717) is 23.9 Å². The van der Waals surface area contributed by atoms with E-state index in [1.807, 2.05) is 18.7 Å². The van der Waals surface area contributed by atoms with Gasteiger partial charge in [-0.25, -0.2) is 4.98 Å². The Hall–Kier alpha value is -1.13. The lowest BCUT2D eigenvalue weighted by atomic mass is 10.1. The number of aryl methyl sites for hydroxylation is 1. The average molecular weight is 285 g/mol. The number of carbonyl (C=O) groups is 1. The Balaban J connectivity index is 2.97. The fourth-order valence-electron chi connectivity index (χ4n) is 1.85. The molecule has 0 fully saturated rings. The Morgan fingerprint density at radius 1 is 1.53 bits per heavy atom. The number of hydrogen-bond donors (Lipinski definition) is 0. The summed E-state index contributed by atoms with van der Waals surface area (Å²) in [6.07, 6.45) is 0.896. The monoisotopic (exact) mass is 284 g/mol. The van der Waals surface area contributed by atoms with Crippen LogP contribution < -0.4 is 0 Å². The van der Waals surface area contributed by atoms with Gasteiger partial charge in [0.15, 0.2) is 0 Å². The molecule has 0 aliphatic carbocycles. The van der Waals surface area contributed by atoms with Gasteiger partial charge in [0.05, 0.1) is 6.61 Å². The van der Waals surface area contributed by atoms with Gasteiger partial charge in [0.2, 0.25) is 0 Å². The predicted molar refractivity (Wildman–Crippen MR) is 76.6 cm³/mol. The third-order valence-corrected chi connectivity index (χ3v) is 3.28. The number of pyridine rings is 1. The number of hydrogen-bond acceptors (Lipinski definition) is 3. The molecule has 0 N–H and O–H groups in total. The van der Waals surface area contributed by atoms with Gasteiger partial charge in [-0.1, -0.05) is 18.5 Å². The molecule has 0 aromatic carbocycles. The van der Waals surface area contributed by atoms with Crippen LogP contribution in [0.2, 0.25) is 5.15 Å². The Kier molecular flexibility index (Phi) is 6.25. The van der Waals surface area contributed by atoms with Crippen LogP contribution in [0.1, 0.15) is 36.3 Å². The van der Waals surface area contributed by atoms with E-state index < -0.39 is 0 Å². The summed E-state index contributed by atoms with van der Waals surface area (Å²) >= 11 is 5.91. The lowest BCUT2D eigenvalue weighted by molar-refractivity contribution is 0.0613. The van der Waals surface area contributed by atoms with Gasteiger partial charge in [-0.05, 0) is 32.4 Å². The molecule has 0 saturated heterocycles. The molecule has 106 valence electrons. The lowest BCUT2D eigenvalue weighted by Gasteiger charge is -2.28. The van der Waals surface area contributed by atoms with E-state index in [9.17, 15) is 4.79 Å². The van der Waals surface area contributed by atoms with E-state index in [1.165, 1.54) is 0 Å². The second kappa shape index (κ2) is 7.46. The minimum absolute atomic E-state index is 0.0289. The number of aromatic nitrogens is 1. The summed E-state index contributed by atoms with van der Waals surface area (Å²) in [5.41, 5.74) is 1.32. The maximum atomic E-state index is 12.5. The summed E-state index contributed by atoms with van der Waals surface area (Å²) in [6, 6.07) is 3.53. The Labute approximate surface area is 119 Å². The van der Waals surface area contributed by atoms with Gasteiger partial charge < -0.3 is 9.64 Å². The van der Waals surface area contributed by atoms with Gasteiger partial charge >= 0.3 is 0 Å². The van der Waals surface area contributed by atoms with Gasteiger partial charge in [-0.15, -0.1) is 0 Å². The smallest absolute Gasteiger partial charge is 0.254 e. The first-order valence-electron chi connectivity index (χ1n) is 6.43. The van der Waals surface area contributed by atoms with Gasteiger partial charge in [-0.3, -0.25) is 4.79 Å². The van der Waals surface area contributed by atoms with Crippen LogP contribution in [0.5, 0.6) is 0 Å². The molecule has 1 heterocycles. The molecule has 4 nitrogen and oxygen atoms in total. The molecular formula is C14H21ClN2O2. The molecule has 0 aliphatic rings. The maximum absolute atomic E-state index is 12.5. The molecule has 1 amide bonds. The summed E-state index contributed by atoms with van der Waals surface area (Å²) in [7, 11) is 1.63. The van der Waals surface area contributed by atoms with Crippen LogP contribution in [0.3, 0.4) is 0 Å². The number of rotatable bonds is 6. The molecule has 0 saturated carbocycles. The highest BCUT2D eigenvalue weighted by atomic mass is 35.5. The average Bonchev–Trinajstić information content (AvgIpc) is 2.37. The largest absolute Gasteiger partial charge is 0.383 e. The van der Waals surface area contributed by atoms with Crippen molar-refractivity contribution in [1.82, 2.24) is 9.88 Å². The van der Waals surface area contributed by atoms with Crippen LogP contribution in [-0.2, 0) is 4.74 Å². The summed E-state index contributed by atoms with van der Waals surface area (Å²) in [5.74, 6) is -0.0289. The van der Waals surface area contributed by atoms with Crippen molar-refractivity contribution < 1.29 is 9.53 Å². The van der Waals surface area contributed by atoms with Crippen molar-refractivity contribution in [2.75, 3.05) is 20.3 Å². The lowest BCUT2D eigenvalue weighted by Crippen LogP contribution is -2.40. The van der Waals surface area contributed by atoms with Gasteiger partial charge in [0.25, 0.3) is 5.91 Å². The number of carbonyl (C=O) groups excluding carboxylic acids is 1. The fraction of sp³-hybridized carbons (Fsp3) is 0.571. The van der Waals surface area contributed by atoms with Crippen molar-refractivity contribution in [3.63, 3.8) is 0 Å². The molecule has 1 unspecified atom stereocenters. The number of amides is 1. The van der Waals surface area contributed by atoms with Crippen LogP contribution >= 0.6 is 11.6 Å². The number of nitrogens with zero attached hydrogens (tertiary/aromatic N) is 2. The highest BCUT2D eigenvalue weighted by Gasteiger charge is 2.20. The second-order valence-corrected chi connectivity index (χ2v) is 4.96. The first kappa shape index (κ1) is 15.9. The zero-order valence-corrected chi connectivity index (χ0v) is 12.7. The molecule has 19 heavy (non-hydrogen) atoms. The van der Waals surface area contributed by atoms with Gasteiger partial charge in [0.1, 0.15) is 5.15 Å². The van der Waals surface area contributed by atoms with E-state index in [4.69, 9.17) is 16.3 Å². The van der Waals surface area contributed by atoms with E-state index in [2.05, 4.69) is 11.9 Å². The van der Waals surface area contributed by atoms with Crippen LogP contribution in [0.25, 0.3) is 0 Å². The first-order chi connectivity index (χ1) is 8.99. The van der Waals surface area contributed by atoms with Gasteiger partial charge in [0, 0.05) is 31.0 Å². The van der Waals surface area contributed by atoms with E-state index in [-0.39, 0.29) is 11.9 Å². The predicted octanol–water partition coefficient (Wildman–Crippen LogP) is 2.93. The summed E-state index contributed by atoms with van der Waals surface area (Å²) in [5, 5.41) is 0.346. The quantitative estimate of drug-likeness (QED) is 0.754. The zero-order chi connectivity index (χ0) is 14.4. The number of halogens is 1. The van der Waals surface area contributed by atoms with Crippen molar-refractivity contribution in [3.8, 4) is 0 Å². The van der Waals surface area contributed by atoms with Crippen molar-refractivity contribution in [2.24, 2.45) is 0 Å². The first-order valence-corrected chi connectivity index (χ1v) is 6.81. The van der Waals surface area contributed by atoms with E-state index in [1.54, 1.807) is 19.2 Å². The molecule has 1 aromatic rings. The Bertz CT molecular complexity index is 417. The van der Waals surface area contributed by atoms with E-state index >= 15 is 0 Å². The fourth-order valence-corrected chi connectivity index (χ4v) is 2.10. The van der Waals surface area contributed by atoms with Crippen LogP contribution in [-0.4, -0.2) is 42.1 Å². The van der Waals surface area contributed by atoms with Crippen molar-refractivity contribution >= 4 is 17.5 Å². The summed E-state index contributed by atoms with van der Waals surface area (Å²) in [6.45, 7) is 7.01.